The monoisotopic (exact) mass is 342 g/mol. The van der Waals surface area contributed by atoms with E-state index in [1.54, 1.807) is 18.2 Å². The molecule has 4 amide bonds. The van der Waals surface area contributed by atoms with Gasteiger partial charge in [0.25, 0.3) is 0 Å². The number of ether oxygens (including phenoxy) is 1. The molecule has 7 nitrogen and oxygen atoms in total. The van der Waals surface area contributed by atoms with Gasteiger partial charge in [-0.15, -0.1) is 0 Å². The summed E-state index contributed by atoms with van der Waals surface area (Å²) >= 11 is 0. The van der Waals surface area contributed by atoms with Crippen LogP contribution in [-0.4, -0.2) is 52.6 Å². The van der Waals surface area contributed by atoms with Gasteiger partial charge in [-0.3, -0.25) is 19.3 Å². The largest absolute Gasteiger partial charge is 0.493 e. The number of benzene rings is 1. The van der Waals surface area contributed by atoms with Gasteiger partial charge < -0.3 is 4.74 Å². The summed E-state index contributed by atoms with van der Waals surface area (Å²) in [6.07, 6.45) is 4.04. The van der Waals surface area contributed by atoms with Crippen molar-refractivity contribution in [3.63, 3.8) is 0 Å². The Balaban J connectivity index is 1.51. The van der Waals surface area contributed by atoms with Gasteiger partial charge in [0.15, 0.2) is 5.78 Å². The van der Waals surface area contributed by atoms with E-state index in [1.807, 2.05) is 0 Å². The Kier molecular flexibility index (Phi) is 3.78. The Bertz CT molecular complexity index is 782. The molecule has 4 rings (SSSR count). The molecular weight excluding hydrogens is 324 g/mol. The third-order valence-corrected chi connectivity index (χ3v) is 5.09. The van der Waals surface area contributed by atoms with Crippen molar-refractivity contribution in [1.82, 2.24) is 9.80 Å². The Morgan fingerprint density at radius 1 is 1.12 bits per heavy atom. The lowest BCUT2D eigenvalue weighted by atomic mass is 10.1. The van der Waals surface area contributed by atoms with E-state index in [0.717, 1.165) is 53.2 Å². The summed E-state index contributed by atoms with van der Waals surface area (Å²) in [4.78, 5) is 51.2. The summed E-state index contributed by atoms with van der Waals surface area (Å²) in [5.41, 5.74) is 1.35. The first-order valence-corrected chi connectivity index (χ1v) is 8.54. The molecule has 2 fully saturated rings. The van der Waals surface area contributed by atoms with Crippen molar-refractivity contribution in [2.24, 2.45) is 0 Å². The van der Waals surface area contributed by atoms with E-state index in [9.17, 15) is 19.2 Å². The second kappa shape index (κ2) is 5.98. The minimum Gasteiger partial charge on any atom is -0.493 e. The Hall–Kier alpha value is -2.70. The van der Waals surface area contributed by atoms with Crippen molar-refractivity contribution in [3.05, 3.63) is 29.3 Å². The molecule has 1 saturated carbocycles. The van der Waals surface area contributed by atoms with Crippen LogP contribution in [0, 0.1) is 0 Å². The molecule has 1 aromatic carbocycles. The fraction of sp³-hybridized carbons (Fsp3) is 0.444. The molecule has 2 heterocycles. The second-order valence-corrected chi connectivity index (χ2v) is 6.63. The fourth-order valence-electron chi connectivity index (χ4n) is 3.74. The van der Waals surface area contributed by atoms with Crippen LogP contribution >= 0.6 is 0 Å². The van der Waals surface area contributed by atoms with Gasteiger partial charge in [-0.05, 0) is 36.6 Å². The molecule has 130 valence electrons. The number of hydrogen-bond acceptors (Lipinski definition) is 5. The van der Waals surface area contributed by atoms with E-state index in [1.165, 1.54) is 0 Å². The number of amides is 4. The summed E-state index contributed by atoms with van der Waals surface area (Å²) in [5, 5.41) is 0. The Morgan fingerprint density at radius 2 is 1.88 bits per heavy atom. The van der Waals surface area contributed by atoms with Crippen LogP contribution in [0.25, 0.3) is 0 Å². The van der Waals surface area contributed by atoms with Crippen molar-refractivity contribution in [1.29, 1.82) is 0 Å². The zero-order valence-corrected chi connectivity index (χ0v) is 13.7. The number of carbonyl (C=O) groups is 4. The summed E-state index contributed by atoms with van der Waals surface area (Å²) in [7, 11) is 0. The van der Waals surface area contributed by atoms with Crippen LogP contribution in [0.5, 0.6) is 5.75 Å². The first kappa shape index (κ1) is 15.8. The van der Waals surface area contributed by atoms with E-state index >= 15 is 0 Å². The van der Waals surface area contributed by atoms with Crippen molar-refractivity contribution >= 4 is 23.6 Å². The van der Waals surface area contributed by atoms with Crippen LogP contribution in [0.15, 0.2) is 18.2 Å². The van der Waals surface area contributed by atoms with Gasteiger partial charge in [-0.25, -0.2) is 9.69 Å². The van der Waals surface area contributed by atoms with Crippen LogP contribution in [0.2, 0.25) is 0 Å². The van der Waals surface area contributed by atoms with Gasteiger partial charge in [0, 0.05) is 18.0 Å². The first-order chi connectivity index (χ1) is 12.1. The molecular formula is C18H18N2O5. The standard InChI is InChI=1S/C18H18N2O5/c21-14(11-5-6-15-12(9-11)7-8-25-15)10-19-16(22)17(23)20(18(19)24)13-3-1-2-4-13/h5-6,9,13H,1-4,7-8,10H2. The van der Waals surface area contributed by atoms with Gasteiger partial charge in [-0.2, -0.15) is 0 Å². The molecule has 1 aromatic rings. The summed E-state index contributed by atoms with van der Waals surface area (Å²) in [6.45, 7) is 0.174. The molecule has 0 unspecified atom stereocenters. The Labute approximate surface area is 144 Å². The summed E-state index contributed by atoms with van der Waals surface area (Å²) in [5.74, 6) is -1.33. The van der Waals surface area contributed by atoms with E-state index in [0.29, 0.717) is 12.2 Å². The van der Waals surface area contributed by atoms with Crippen molar-refractivity contribution in [3.8, 4) is 5.75 Å². The second-order valence-electron chi connectivity index (χ2n) is 6.63. The van der Waals surface area contributed by atoms with Gasteiger partial charge >= 0.3 is 17.8 Å². The SMILES string of the molecule is O=C(CN1C(=O)C(=O)N(C2CCCC2)C1=O)c1ccc2c(c1)CCO2. The normalized spacial score (nSPS) is 20.4. The molecule has 0 spiro atoms. The maximum atomic E-state index is 12.5. The van der Waals surface area contributed by atoms with Gasteiger partial charge in [0.1, 0.15) is 5.75 Å². The van der Waals surface area contributed by atoms with Crippen molar-refractivity contribution < 1.29 is 23.9 Å². The highest BCUT2D eigenvalue weighted by atomic mass is 16.5. The van der Waals surface area contributed by atoms with Crippen LogP contribution in [0.3, 0.4) is 0 Å². The highest BCUT2D eigenvalue weighted by Gasteiger charge is 2.48. The third-order valence-electron chi connectivity index (χ3n) is 5.09. The molecule has 0 N–H and O–H groups in total. The highest BCUT2D eigenvalue weighted by molar-refractivity contribution is 6.45. The van der Waals surface area contributed by atoms with E-state index in [4.69, 9.17) is 4.74 Å². The molecule has 0 aromatic heterocycles. The molecule has 2 aliphatic heterocycles. The molecule has 3 aliphatic rings. The van der Waals surface area contributed by atoms with Crippen LogP contribution in [-0.2, 0) is 16.0 Å². The number of imide groups is 2. The first-order valence-electron chi connectivity index (χ1n) is 8.54. The van der Waals surface area contributed by atoms with E-state index in [-0.39, 0.29) is 11.8 Å². The van der Waals surface area contributed by atoms with Crippen molar-refractivity contribution in [2.45, 2.75) is 38.1 Å². The summed E-state index contributed by atoms with van der Waals surface area (Å²) in [6, 6.07) is 4.18. The molecule has 1 aliphatic carbocycles. The average Bonchev–Trinajstić information content (AvgIpc) is 3.32. The molecule has 0 bridgehead atoms. The number of Topliss-reactive ketones (excluding diaryl/α,β-unsaturated/α-hetero) is 1. The smallest absolute Gasteiger partial charge is 0.334 e. The zero-order valence-electron chi connectivity index (χ0n) is 13.7. The maximum Gasteiger partial charge on any atom is 0.334 e. The quantitative estimate of drug-likeness (QED) is 0.471. The molecule has 0 atom stereocenters. The van der Waals surface area contributed by atoms with Gasteiger partial charge in [-0.1, -0.05) is 12.8 Å². The third kappa shape index (κ3) is 2.59. The number of fused-ring (bicyclic) bond motifs is 1. The average molecular weight is 342 g/mol. The Morgan fingerprint density at radius 3 is 2.64 bits per heavy atom. The fourth-order valence-corrected chi connectivity index (χ4v) is 3.74. The lowest BCUT2D eigenvalue weighted by molar-refractivity contribution is -0.143. The lowest BCUT2D eigenvalue weighted by Gasteiger charge is -2.20. The van der Waals surface area contributed by atoms with Gasteiger partial charge in [0.05, 0.1) is 13.2 Å². The van der Waals surface area contributed by atoms with Gasteiger partial charge in [0.2, 0.25) is 0 Å². The molecule has 0 radical (unpaired) electrons. The predicted molar refractivity (Wildman–Crippen MR) is 86.2 cm³/mol. The van der Waals surface area contributed by atoms with Crippen LogP contribution in [0.4, 0.5) is 4.79 Å². The van der Waals surface area contributed by atoms with E-state index in [2.05, 4.69) is 0 Å². The minimum absolute atomic E-state index is 0.221. The number of rotatable bonds is 4. The number of hydrogen-bond donors (Lipinski definition) is 0. The zero-order chi connectivity index (χ0) is 17.6. The van der Waals surface area contributed by atoms with Crippen LogP contribution < -0.4 is 4.74 Å². The lowest BCUT2D eigenvalue weighted by Crippen LogP contribution is -2.41. The van der Waals surface area contributed by atoms with Crippen LogP contribution in [0.1, 0.15) is 41.6 Å². The molecule has 1 saturated heterocycles. The summed E-state index contributed by atoms with van der Waals surface area (Å²) < 4.78 is 5.40. The topological polar surface area (TPSA) is 84.0 Å². The number of nitrogens with zero attached hydrogens (tertiary/aromatic N) is 2. The van der Waals surface area contributed by atoms with E-state index < -0.39 is 24.4 Å². The maximum absolute atomic E-state index is 12.5. The molecule has 7 heteroatoms. The highest BCUT2D eigenvalue weighted by Crippen LogP contribution is 2.29. The van der Waals surface area contributed by atoms with Crippen molar-refractivity contribution in [2.75, 3.05) is 13.2 Å². The number of urea groups is 1. The number of carbonyl (C=O) groups excluding carboxylic acids is 4. The predicted octanol–water partition coefficient (Wildman–Crippen LogP) is 1.54. The minimum atomic E-state index is -0.908. The molecule has 25 heavy (non-hydrogen) atoms. The number of ketones is 1.